The van der Waals surface area contributed by atoms with E-state index in [-0.39, 0.29) is 40.7 Å². The van der Waals surface area contributed by atoms with Crippen molar-refractivity contribution in [3.8, 4) is 5.75 Å². The Morgan fingerprint density at radius 1 is 1.07 bits per heavy atom. The number of methoxy groups -OCH3 is 2. The Balaban J connectivity index is 1.52. The quantitative estimate of drug-likeness (QED) is 0.0455. The minimum atomic E-state index is -1.87. The number of amides is 3. The van der Waals surface area contributed by atoms with Crippen LogP contribution in [0.25, 0.3) is 0 Å². The van der Waals surface area contributed by atoms with Crippen LogP contribution in [0.2, 0.25) is 5.02 Å². The van der Waals surface area contributed by atoms with Crippen molar-refractivity contribution in [1.82, 2.24) is 10.2 Å². The first-order valence-electron chi connectivity index (χ1n) is 24.7. The van der Waals surface area contributed by atoms with E-state index in [4.69, 9.17) is 41.0 Å². The first-order chi connectivity index (χ1) is 32.7. The molecule has 2 saturated heterocycles. The number of hydrogen-bond donors (Lipinski definition) is 3. The summed E-state index contributed by atoms with van der Waals surface area (Å²) in [5.74, 6) is -0.167. The van der Waals surface area contributed by atoms with Crippen molar-refractivity contribution in [2.24, 2.45) is 11.1 Å². The van der Waals surface area contributed by atoms with Gasteiger partial charge in [0.05, 0.1) is 30.9 Å². The summed E-state index contributed by atoms with van der Waals surface area (Å²) in [6.07, 6.45) is 7.89. The minimum Gasteiger partial charge on any atom is -0.495 e. The molecule has 3 amide bonds. The second-order valence-electron chi connectivity index (χ2n) is 20.8. The van der Waals surface area contributed by atoms with Crippen molar-refractivity contribution in [2.75, 3.05) is 39.0 Å². The van der Waals surface area contributed by atoms with E-state index in [0.29, 0.717) is 37.1 Å². The summed E-state index contributed by atoms with van der Waals surface area (Å²) in [6.45, 7) is 17.2. The van der Waals surface area contributed by atoms with Gasteiger partial charge in [0, 0.05) is 56.4 Å². The molecule has 0 radical (unpaired) electrons. The van der Waals surface area contributed by atoms with Crippen LogP contribution in [0.15, 0.2) is 35.9 Å². The number of allylic oxidation sites excluding steroid dienone is 3. The summed E-state index contributed by atoms with van der Waals surface area (Å²) in [7, 11) is 9.42. The fourth-order valence-corrected chi connectivity index (χ4v) is 12.4. The first kappa shape index (κ1) is 59.2. The van der Waals surface area contributed by atoms with E-state index in [0.717, 1.165) is 55.4 Å². The molecule has 1 aromatic carbocycles. The molecule has 18 heteroatoms. The lowest BCUT2D eigenvalue weighted by molar-refractivity contribution is -0.162. The van der Waals surface area contributed by atoms with Crippen LogP contribution < -0.4 is 20.7 Å². The van der Waals surface area contributed by atoms with Crippen LogP contribution in [0.3, 0.4) is 0 Å². The van der Waals surface area contributed by atoms with Gasteiger partial charge in [-0.3, -0.25) is 19.7 Å². The summed E-state index contributed by atoms with van der Waals surface area (Å²) in [5, 5.41) is 14.7. The highest BCUT2D eigenvalue weighted by Crippen LogP contribution is 2.55. The molecule has 3 aliphatic rings. The average Bonchev–Trinajstić information content (AvgIpc) is 4.01. The number of nitrogens with zero attached hydrogens (tertiary/aromatic N) is 2. The molecular formula is C52H81ClN4O11S2. The number of nitrogens with one attached hydrogen (secondary N) is 1. The van der Waals surface area contributed by atoms with Crippen LogP contribution in [-0.2, 0) is 44.5 Å². The molecule has 4 rings (SSSR count). The Hall–Kier alpha value is -3.32. The van der Waals surface area contributed by atoms with Crippen LogP contribution in [0.4, 0.5) is 10.5 Å². The molecule has 394 valence electrons. The molecule has 70 heavy (non-hydrogen) atoms. The molecule has 0 aliphatic carbocycles. The fourth-order valence-electron chi connectivity index (χ4n) is 9.42. The number of alkyl carbamates (subject to hydrolysis) is 1. The maximum Gasteiger partial charge on any atom is 0.409 e. The third-order valence-electron chi connectivity index (χ3n) is 14.2. The highest BCUT2D eigenvalue weighted by Gasteiger charge is 2.68. The topological polar surface area (TPSA) is 200 Å². The number of ether oxygens (including phenoxy) is 5. The number of likely N-dealkylation sites (N-methyl/N-ethyl adjacent to an activating group) is 1. The number of Topliss-reactive ketones (excluding diaryl/α,β-unsaturated/α-hetero) is 1. The number of rotatable bonds is 21. The van der Waals surface area contributed by atoms with Crippen LogP contribution in [0.5, 0.6) is 5.75 Å². The fraction of sp³-hybridized carbons (Fsp3) is 0.712. The molecule has 0 spiro atoms. The maximum absolute atomic E-state index is 14.4. The molecule has 4 bridgehead atoms. The average molecular weight is 1040 g/mol. The van der Waals surface area contributed by atoms with Crippen LogP contribution in [0.1, 0.15) is 145 Å². The van der Waals surface area contributed by atoms with Crippen LogP contribution in [-0.4, -0.2) is 126 Å². The van der Waals surface area contributed by atoms with Crippen molar-refractivity contribution < 1.29 is 52.8 Å². The third kappa shape index (κ3) is 14.9. The number of esters is 1. The van der Waals surface area contributed by atoms with E-state index in [1.54, 1.807) is 73.8 Å². The number of aliphatic hydroxyl groups is 1. The number of carbonyl (C=O) groups excluding carboxylic acids is 5. The summed E-state index contributed by atoms with van der Waals surface area (Å²) in [4.78, 5) is 71.5. The standard InChI is InChI=1S/C52H81ClN4O11S2/c1-14-16-17-25-51(54,24-15-2)38(58)21-19-27-69-70-48(5,6)26-23-42(59)56(10)34(4)45(61)66-40-31-43(60)57(11)36-29-35(30-37(64-12)44(36)53)28-33(3)20-18-22-39(65-13)52(63)32-41(67-47(62)55-52)49(7,8)46-50(40,9)68-46/h18,20,22,29-30,34,39-41,46,63H,14-17,19,21,23-28,31-32,54H2,1-13H3,(H,55,62)/b22-18+,33-20+/t34-,39+,40-,41-,46-,50-,51?,52-/m0/s1. The maximum atomic E-state index is 14.4. The van der Waals surface area contributed by atoms with Gasteiger partial charge in [-0.05, 0) is 84.4 Å². The smallest absolute Gasteiger partial charge is 0.409 e. The number of fused-ring (bicyclic) bond motifs is 5. The van der Waals surface area contributed by atoms with Gasteiger partial charge in [0.1, 0.15) is 40.7 Å². The molecule has 1 aromatic rings. The van der Waals surface area contributed by atoms with Crippen molar-refractivity contribution >= 4 is 68.5 Å². The number of nitrogens with two attached hydrogens (primary N) is 1. The Bertz CT molecular complexity index is 2090. The zero-order chi connectivity index (χ0) is 52.4. The molecule has 0 saturated carbocycles. The van der Waals surface area contributed by atoms with Gasteiger partial charge < -0.3 is 44.3 Å². The van der Waals surface area contributed by atoms with Gasteiger partial charge in [-0.15, -0.1) is 0 Å². The van der Waals surface area contributed by atoms with E-state index in [1.165, 1.54) is 24.0 Å². The summed E-state index contributed by atoms with van der Waals surface area (Å²) >= 11 is 6.85. The zero-order valence-electron chi connectivity index (χ0n) is 43.9. The second kappa shape index (κ2) is 25.1. The highest BCUT2D eigenvalue weighted by molar-refractivity contribution is 8.77. The first-order valence-corrected chi connectivity index (χ1v) is 27.4. The summed E-state index contributed by atoms with van der Waals surface area (Å²) < 4.78 is 29.6. The Morgan fingerprint density at radius 3 is 2.41 bits per heavy atom. The largest absolute Gasteiger partial charge is 0.495 e. The monoisotopic (exact) mass is 1040 g/mol. The zero-order valence-corrected chi connectivity index (χ0v) is 46.3. The van der Waals surface area contributed by atoms with E-state index in [1.807, 2.05) is 26.8 Å². The molecular weight excluding hydrogens is 956 g/mol. The molecule has 1 unspecified atom stereocenters. The molecule has 3 aliphatic heterocycles. The third-order valence-corrected chi connectivity index (χ3v) is 18.0. The van der Waals surface area contributed by atoms with Gasteiger partial charge in [-0.2, -0.15) is 0 Å². The van der Waals surface area contributed by atoms with Gasteiger partial charge >= 0.3 is 12.1 Å². The van der Waals surface area contributed by atoms with Crippen molar-refractivity contribution in [2.45, 2.75) is 198 Å². The molecule has 15 nitrogen and oxygen atoms in total. The van der Waals surface area contributed by atoms with E-state index in [9.17, 15) is 29.1 Å². The van der Waals surface area contributed by atoms with Crippen molar-refractivity contribution in [3.63, 3.8) is 0 Å². The number of ketones is 1. The van der Waals surface area contributed by atoms with E-state index >= 15 is 0 Å². The van der Waals surface area contributed by atoms with Gasteiger partial charge in [-0.1, -0.05) is 110 Å². The Labute approximate surface area is 429 Å². The molecule has 4 N–H and O–H groups in total. The summed E-state index contributed by atoms with van der Waals surface area (Å²) in [6, 6.07) is 2.56. The number of epoxide rings is 1. The second-order valence-corrected chi connectivity index (χ2v) is 24.3. The van der Waals surface area contributed by atoms with Crippen molar-refractivity contribution in [1.29, 1.82) is 0 Å². The lowest BCUT2D eigenvalue weighted by Crippen LogP contribution is -2.65. The summed E-state index contributed by atoms with van der Waals surface area (Å²) in [5.41, 5.74) is 3.80. The molecule has 8 atom stereocenters. The normalized spacial score (nSPS) is 27.4. The predicted molar refractivity (Wildman–Crippen MR) is 279 cm³/mol. The minimum absolute atomic E-state index is 0.0871. The number of anilines is 1. The van der Waals surface area contributed by atoms with E-state index in [2.05, 4.69) is 33.0 Å². The SMILES string of the molecule is CCCCCC(N)(CCC)C(=O)CCCSSC(C)(C)CCC(=O)N(C)[C@@H](C)C(=O)O[C@H]1CC(=O)N(C)c2cc(cc(OC)c2Cl)C/C(C)=C/C=C/[C@@H](OC)[C@@]2(O)C[C@H](OC(=O)N2)C(C)(C)[C@@H]2O[C@@]12C. The van der Waals surface area contributed by atoms with Crippen LogP contribution >= 0.6 is 33.2 Å². The Kier molecular flexibility index (Phi) is 21.2. The predicted octanol–water partition coefficient (Wildman–Crippen LogP) is 9.27. The molecule has 2 fully saturated rings. The van der Waals surface area contributed by atoms with Gasteiger partial charge in [0.2, 0.25) is 11.8 Å². The van der Waals surface area contributed by atoms with E-state index < -0.39 is 70.7 Å². The van der Waals surface area contributed by atoms with Crippen molar-refractivity contribution in [3.05, 3.63) is 46.5 Å². The number of halogens is 1. The van der Waals surface area contributed by atoms with Gasteiger partial charge in [0.25, 0.3) is 0 Å². The van der Waals surface area contributed by atoms with Gasteiger partial charge in [-0.25, -0.2) is 9.59 Å². The lowest BCUT2D eigenvalue weighted by Gasteiger charge is -2.45. The van der Waals surface area contributed by atoms with Gasteiger partial charge in [0.15, 0.2) is 11.5 Å². The lowest BCUT2D eigenvalue weighted by atomic mass is 9.73. The number of carbonyl (C=O) groups is 5. The molecule has 0 aromatic heterocycles. The van der Waals surface area contributed by atoms with Crippen LogP contribution in [0, 0.1) is 5.41 Å². The highest BCUT2D eigenvalue weighted by atomic mass is 35.5. The number of hydrogen-bond acceptors (Lipinski definition) is 14. The molecule has 3 heterocycles. The number of unbranched alkanes of at least 4 members (excludes halogenated alkanes) is 2. The number of benzene rings is 1. The Morgan fingerprint density at radius 2 is 1.77 bits per heavy atom.